The predicted octanol–water partition coefficient (Wildman–Crippen LogP) is 3.82. The van der Waals surface area contributed by atoms with E-state index in [1.165, 1.54) is 4.90 Å². The van der Waals surface area contributed by atoms with Crippen LogP contribution in [0.1, 0.15) is 16.1 Å². The summed E-state index contributed by atoms with van der Waals surface area (Å²) < 4.78 is 0. The number of fused-ring (bicyclic) bond motifs is 1. The number of hydrogen-bond acceptors (Lipinski definition) is 2. The van der Waals surface area contributed by atoms with Gasteiger partial charge in [-0.25, -0.2) is 0 Å². The van der Waals surface area contributed by atoms with Gasteiger partial charge in [0.15, 0.2) is 0 Å². The van der Waals surface area contributed by atoms with Crippen molar-refractivity contribution in [3.63, 3.8) is 0 Å². The quantitative estimate of drug-likeness (QED) is 0.719. The fourth-order valence-corrected chi connectivity index (χ4v) is 2.62. The summed E-state index contributed by atoms with van der Waals surface area (Å²) >= 11 is 1.71. The molecule has 0 radical (unpaired) electrons. The highest BCUT2D eigenvalue weighted by molar-refractivity contribution is 7.98. The Hall–Kier alpha value is -2.20. The number of aromatic amines is 1. The molecule has 0 saturated carbocycles. The van der Waals surface area contributed by atoms with Gasteiger partial charge in [-0.1, -0.05) is 30.3 Å². The normalized spacial score (nSPS) is 10.7. The standard InChI is InChI=1S/C17H16N2OS/c1-21-14-8-6-12(7-9-14)11-18-17(20)16-10-13-4-2-3-5-15(13)19-16/h2-10,19H,11H2,1H3,(H,18,20). The molecular formula is C17H16N2OS. The average Bonchev–Trinajstić information content (AvgIpc) is 2.97. The lowest BCUT2D eigenvalue weighted by atomic mass is 10.2. The molecule has 0 unspecified atom stereocenters. The molecule has 21 heavy (non-hydrogen) atoms. The summed E-state index contributed by atoms with van der Waals surface area (Å²) in [6.07, 6.45) is 2.05. The van der Waals surface area contributed by atoms with E-state index in [1.807, 2.05) is 48.7 Å². The molecule has 0 bridgehead atoms. The third-order valence-electron chi connectivity index (χ3n) is 3.39. The maximum Gasteiger partial charge on any atom is 0.267 e. The van der Waals surface area contributed by atoms with Crippen molar-refractivity contribution in [1.82, 2.24) is 10.3 Å². The third-order valence-corrected chi connectivity index (χ3v) is 4.13. The van der Waals surface area contributed by atoms with E-state index in [-0.39, 0.29) is 5.91 Å². The highest BCUT2D eigenvalue weighted by atomic mass is 32.2. The summed E-state index contributed by atoms with van der Waals surface area (Å²) in [5, 5.41) is 3.98. The largest absolute Gasteiger partial charge is 0.351 e. The second-order valence-corrected chi connectivity index (χ2v) is 5.68. The Kier molecular flexibility index (Phi) is 3.97. The maximum absolute atomic E-state index is 12.2. The molecule has 3 aromatic rings. The summed E-state index contributed by atoms with van der Waals surface area (Å²) in [4.78, 5) is 16.5. The lowest BCUT2D eigenvalue weighted by molar-refractivity contribution is 0.0947. The van der Waals surface area contributed by atoms with Crippen LogP contribution in [0.3, 0.4) is 0 Å². The van der Waals surface area contributed by atoms with Gasteiger partial charge in [-0.15, -0.1) is 11.8 Å². The minimum absolute atomic E-state index is 0.0832. The van der Waals surface area contributed by atoms with Crippen LogP contribution < -0.4 is 5.32 Å². The summed E-state index contributed by atoms with van der Waals surface area (Å²) in [5.74, 6) is -0.0832. The summed E-state index contributed by atoms with van der Waals surface area (Å²) in [7, 11) is 0. The van der Waals surface area contributed by atoms with Gasteiger partial charge in [-0.3, -0.25) is 4.79 Å². The Morgan fingerprint density at radius 2 is 1.90 bits per heavy atom. The minimum atomic E-state index is -0.0832. The van der Waals surface area contributed by atoms with Crippen LogP contribution in [0.5, 0.6) is 0 Å². The van der Waals surface area contributed by atoms with Crippen LogP contribution in [-0.4, -0.2) is 17.1 Å². The highest BCUT2D eigenvalue weighted by Crippen LogP contribution is 2.16. The number of nitrogens with one attached hydrogen (secondary N) is 2. The number of benzene rings is 2. The zero-order valence-electron chi connectivity index (χ0n) is 11.7. The van der Waals surface area contributed by atoms with E-state index in [1.54, 1.807) is 11.8 Å². The molecule has 0 saturated heterocycles. The molecule has 0 fully saturated rings. The molecule has 4 heteroatoms. The smallest absolute Gasteiger partial charge is 0.267 e. The first-order valence-electron chi connectivity index (χ1n) is 6.75. The number of para-hydroxylation sites is 1. The number of carbonyl (C=O) groups is 1. The van der Waals surface area contributed by atoms with Crippen LogP contribution in [0.2, 0.25) is 0 Å². The van der Waals surface area contributed by atoms with Crippen molar-refractivity contribution in [3.8, 4) is 0 Å². The van der Waals surface area contributed by atoms with Crippen LogP contribution in [0.25, 0.3) is 10.9 Å². The Morgan fingerprint density at radius 1 is 1.14 bits per heavy atom. The van der Waals surface area contributed by atoms with Gasteiger partial charge in [-0.2, -0.15) is 0 Å². The number of H-pyrrole nitrogens is 1. The van der Waals surface area contributed by atoms with Crippen molar-refractivity contribution in [2.24, 2.45) is 0 Å². The summed E-state index contributed by atoms with van der Waals surface area (Å²) in [6.45, 7) is 0.531. The molecule has 2 N–H and O–H groups in total. The van der Waals surface area contributed by atoms with Crippen LogP contribution in [0.4, 0.5) is 0 Å². The Balaban J connectivity index is 1.68. The number of aromatic nitrogens is 1. The van der Waals surface area contributed by atoms with E-state index in [2.05, 4.69) is 22.4 Å². The maximum atomic E-state index is 12.2. The summed E-state index contributed by atoms with van der Waals surface area (Å²) in [5.41, 5.74) is 2.67. The molecular weight excluding hydrogens is 280 g/mol. The van der Waals surface area contributed by atoms with Crippen molar-refractivity contribution in [3.05, 3.63) is 65.9 Å². The monoisotopic (exact) mass is 296 g/mol. The zero-order chi connectivity index (χ0) is 14.7. The van der Waals surface area contributed by atoms with E-state index in [4.69, 9.17) is 0 Å². The Labute approximate surface area is 127 Å². The molecule has 3 nitrogen and oxygen atoms in total. The molecule has 0 spiro atoms. The van der Waals surface area contributed by atoms with Gasteiger partial charge in [0.05, 0.1) is 0 Å². The van der Waals surface area contributed by atoms with E-state index in [0.29, 0.717) is 12.2 Å². The van der Waals surface area contributed by atoms with Crippen LogP contribution in [0.15, 0.2) is 59.5 Å². The second-order valence-electron chi connectivity index (χ2n) is 4.80. The molecule has 0 aliphatic heterocycles. The fraction of sp³-hybridized carbons (Fsp3) is 0.118. The molecule has 0 aliphatic carbocycles. The van der Waals surface area contributed by atoms with Crippen molar-refractivity contribution in [2.45, 2.75) is 11.4 Å². The lowest BCUT2D eigenvalue weighted by Gasteiger charge is -2.04. The van der Waals surface area contributed by atoms with Crippen molar-refractivity contribution >= 4 is 28.6 Å². The van der Waals surface area contributed by atoms with E-state index < -0.39 is 0 Å². The zero-order valence-corrected chi connectivity index (χ0v) is 12.5. The average molecular weight is 296 g/mol. The fourth-order valence-electron chi connectivity index (χ4n) is 2.22. The number of rotatable bonds is 4. The molecule has 0 aliphatic rings. The molecule has 3 rings (SSSR count). The topological polar surface area (TPSA) is 44.9 Å². The predicted molar refractivity (Wildman–Crippen MR) is 87.7 cm³/mol. The van der Waals surface area contributed by atoms with Gasteiger partial charge < -0.3 is 10.3 Å². The van der Waals surface area contributed by atoms with Crippen LogP contribution in [0, 0.1) is 0 Å². The first-order valence-corrected chi connectivity index (χ1v) is 7.97. The van der Waals surface area contributed by atoms with Crippen LogP contribution in [-0.2, 0) is 6.54 Å². The minimum Gasteiger partial charge on any atom is -0.351 e. The molecule has 1 aromatic heterocycles. The van der Waals surface area contributed by atoms with Gasteiger partial charge in [0.2, 0.25) is 0 Å². The van der Waals surface area contributed by atoms with Crippen LogP contribution >= 0.6 is 11.8 Å². The summed E-state index contributed by atoms with van der Waals surface area (Å²) in [6, 6.07) is 18.0. The first kappa shape index (κ1) is 13.8. The third kappa shape index (κ3) is 3.11. The SMILES string of the molecule is CSc1ccc(CNC(=O)c2cc3ccccc3[nH]2)cc1. The number of thioether (sulfide) groups is 1. The highest BCUT2D eigenvalue weighted by Gasteiger charge is 2.08. The van der Waals surface area contributed by atoms with Gasteiger partial charge in [0.1, 0.15) is 5.69 Å². The van der Waals surface area contributed by atoms with Gasteiger partial charge in [0, 0.05) is 22.3 Å². The Bertz CT molecular complexity index is 729. The van der Waals surface area contributed by atoms with Crippen molar-refractivity contribution in [2.75, 3.05) is 6.26 Å². The van der Waals surface area contributed by atoms with Gasteiger partial charge in [0.25, 0.3) is 5.91 Å². The Morgan fingerprint density at radius 3 is 2.62 bits per heavy atom. The molecule has 1 amide bonds. The van der Waals surface area contributed by atoms with E-state index in [0.717, 1.165) is 16.5 Å². The number of amides is 1. The molecule has 0 atom stereocenters. The second kappa shape index (κ2) is 6.06. The van der Waals surface area contributed by atoms with Crippen molar-refractivity contribution < 1.29 is 4.79 Å². The van der Waals surface area contributed by atoms with Crippen molar-refractivity contribution in [1.29, 1.82) is 0 Å². The number of hydrogen-bond donors (Lipinski definition) is 2. The van der Waals surface area contributed by atoms with E-state index >= 15 is 0 Å². The lowest BCUT2D eigenvalue weighted by Crippen LogP contribution is -2.22. The molecule has 1 heterocycles. The van der Waals surface area contributed by atoms with Gasteiger partial charge >= 0.3 is 0 Å². The van der Waals surface area contributed by atoms with E-state index in [9.17, 15) is 4.79 Å². The van der Waals surface area contributed by atoms with Gasteiger partial charge in [-0.05, 0) is 36.1 Å². The molecule has 2 aromatic carbocycles. The first-order chi connectivity index (χ1) is 10.3. The number of carbonyl (C=O) groups excluding carboxylic acids is 1. The molecule has 106 valence electrons.